The molecule has 2 heterocycles. The van der Waals surface area contributed by atoms with Crippen LogP contribution in [0.15, 0.2) is 53.5 Å². The third kappa shape index (κ3) is 3.17. The maximum absolute atomic E-state index is 12.3. The van der Waals surface area contributed by atoms with Crippen LogP contribution in [0.3, 0.4) is 0 Å². The van der Waals surface area contributed by atoms with Crippen molar-refractivity contribution < 1.29 is 4.79 Å². The van der Waals surface area contributed by atoms with Crippen molar-refractivity contribution in [3.8, 4) is 0 Å². The van der Waals surface area contributed by atoms with Gasteiger partial charge >= 0.3 is 0 Å². The molecular weight excluding hydrogens is 433 g/mol. The van der Waals surface area contributed by atoms with E-state index >= 15 is 0 Å². The Labute approximate surface area is 158 Å². The van der Waals surface area contributed by atoms with Gasteiger partial charge in [0.1, 0.15) is 0 Å². The molecule has 1 fully saturated rings. The zero-order chi connectivity index (χ0) is 16.5. The van der Waals surface area contributed by atoms with Gasteiger partial charge < -0.3 is 10.2 Å². The van der Waals surface area contributed by atoms with Gasteiger partial charge in [-0.3, -0.25) is 9.79 Å². The molecule has 2 aliphatic rings. The molecule has 0 bridgehead atoms. The third-order valence-electron chi connectivity index (χ3n) is 4.17. The molecule has 1 saturated heterocycles. The van der Waals surface area contributed by atoms with Gasteiger partial charge in [-0.15, -0.1) is 0 Å². The zero-order valence-electron chi connectivity index (χ0n) is 12.9. The fraction of sp³-hybridized carbons (Fsp3) is 0.222. The highest BCUT2D eigenvalue weighted by Gasteiger charge is 2.31. The van der Waals surface area contributed by atoms with Gasteiger partial charge in [0.25, 0.3) is 5.91 Å². The lowest BCUT2D eigenvalue weighted by Gasteiger charge is -2.15. The van der Waals surface area contributed by atoms with Crippen LogP contribution in [0.2, 0.25) is 0 Å². The van der Waals surface area contributed by atoms with Crippen LogP contribution in [0.25, 0.3) is 0 Å². The number of thioether (sulfide) groups is 1. The number of fused-ring (bicyclic) bond motifs is 1. The van der Waals surface area contributed by atoms with Gasteiger partial charge in [0, 0.05) is 33.7 Å². The lowest BCUT2D eigenvalue weighted by Crippen LogP contribution is -2.22. The molecule has 4 nitrogen and oxygen atoms in total. The lowest BCUT2D eigenvalue weighted by molar-refractivity contribution is 0.102. The minimum atomic E-state index is -0.0864. The Morgan fingerprint density at radius 3 is 2.88 bits per heavy atom. The molecule has 1 unspecified atom stereocenters. The molecule has 6 heteroatoms. The van der Waals surface area contributed by atoms with E-state index < -0.39 is 0 Å². The normalized spacial score (nSPS) is 19.1. The van der Waals surface area contributed by atoms with Gasteiger partial charge in [0.15, 0.2) is 5.17 Å². The summed E-state index contributed by atoms with van der Waals surface area (Å²) in [4.78, 5) is 19.5. The molecule has 0 spiro atoms. The lowest BCUT2D eigenvalue weighted by atomic mass is 10.1. The highest BCUT2D eigenvalue weighted by atomic mass is 127. The smallest absolute Gasteiger partial charge is 0.255 e. The van der Waals surface area contributed by atoms with Crippen LogP contribution in [-0.4, -0.2) is 34.8 Å². The van der Waals surface area contributed by atoms with Crippen LogP contribution >= 0.6 is 34.4 Å². The van der Waals surface area contributed by atoms with Crippen molar-refractivity contribution >= 4 is 51.1 Å². The molecular formula is C18H16IN3OS. The molecule has 1 amide bonds. The number of carbonyl (C=O) groups is 1. The predicted octanol–water partition coefficient (Wildman–Crippen LogP) is 4.00. The summed E-state index contributed by atoms with van der Waals surface area (Å²) in [6.07, 6.45) is 0. The average molecular weight is 449 g/mol. The van der Waals surface area contributed by atoms with Crippen molar-refractivity contribution in [3.05, 3.63) is 63.2 Å². The molecule has 0 aromatic heterocycles. The zero-order valence-corrected chi connectivity index (χ0v) is 15.9. The van der Waals surface area contributed by atoms with Crippen molar-refractivity contribution in [2.24, 2.45) is 4.99 Å². The Bertz CT molecular complexity index is 809. The highest BCUT2D eigenvalue weighted by Crippen LogP contribution is 2.35. The van der Waals surface area contributed by atoms with E-state index in [1.54, 1.807) is 0 Å². The summed E-state index contributed by atoms with van der Waals surface area (Å²) in [6, 6.07) is 15.5. The first-order valence-electron chi connectivity index (χ1n) is 7.82. The minimum absolute atomic E-state index is 0.0864. The van der Waals surface area contributed by atoms with Gasteiger partial charge in [-0.25, -0.2) is 0 Å². The summed E-state index contributed by atoms with van der Waals surface area (Å²) in [5, 5.41) is 4.15. The van der Waals surface area contributed by atoms with Crippen molar-refractivity contribution in [2.75, 3.05) is 24.2 Å². The first-order chi connectivity index (χ1) is 11.7. The topological polar surface area (TPSA) is 44.7 Å². The molecule has 0 aliphatic carbocycles. The van der Waals surface area contributed by atoms with E-state index in [2.05, 4.69) is 38.9 Å². The second kappa shape index (κ2) is 6.76. The number of amidine groups is 1. The maximum atomic E-state index is 12.3. The number of nitrogens with one attached hydrogen (secondary N) is 1. The van der Waals surface area contributed by atoms with Crippen molar-refractivity contribution in [2.45, 2.75) is 6.04 Å². The van der Waals surface area contributed by atoms with Crippen LogP contribution in [0.1, 0.15) is 22.0 Å². The van der Waals surface area contributed by atoms with Crippen LogP contribution in [-0.2, 0) is 0 Å². The average Bonchev–Trinajstić information content (AvgIpc) is 3.19. The number of hydrogen-bond donors (Lipinski definition) is 1. The monoisotopic (exact) mass is 449 g/mol. The standard InChI is InChI=1S/C18H16IN3OS/c19-15-7-6-13(20-17(23)12-4-2-1-3-5-12)10-14(15)16-11-22-8-9-24-18(22)21-16/h1-7,10,16H,8-9,11H2,(H,20,23). The molecule has 122 valence electrons. The number of rotatable bonds is 3. The Morgan fingerprint density at radius 2 is 2.08 bits per heavy atom. The Balaban J connectivity index is 1.56. The van der Waals surface area contributed by atoms with Crippen LogP contribution in [0.4, 0.5) is 5.69 Å². The highest BCUT2D eigenvalue weighted by molar-refractivity contribution is 14.1. The summed E-state index contributed by atoms with van der Waals surface area (Å²) >= 11 is 4.18. The van der Waals surface area contributed by atoms with Crippen LogP contribution in [0.5, 0.6) is 0 Å². The van der Waals surface area contributed by atoms with Crippen molar-refractivity contribution in [1.29, 1.82) is 0 Å². The molecule has 1 N–H and O–H groups in total. The summed E-state index contributed by atoms with van der Waals surface area (Å²) in [7, 11) is 0. The van der Waals surface area contributed by atoms with Crippen LogP contribution < -0.4 is 5.32 Å². The number of anilines is 1. The fourth-order valence-electron chi connectivity index (χ4n) is 2.94. The van der Waals surface area contributed by atoms with E-state index in [0.717, 1.165) is 29.7 Å². The van der Waals surface area contributed by atoms with E-state index in [9.17, 15) is 4.79 Å². The number of carbonyl (C=O) groups excluding carboxylic acids is 1. The number of halogens is 1. The summed E-state index contributed by atoms with van der Waals surface area (Å²) in [6.45, 7) is 2.02. The predicted molar refractivity (Wildman–Crippen MR) is 108 cm³/mol. The van der Waals surface area contributed by atoms with E-state index in [-0.39, 0.29) is 11.9 Å². The number of nitrogens with zero attached hydrogens (tertiary/aromatic N) is 2. The molecule has 2 aliphatic heterocycles. The Kier molecular flexibility index (Phi) is 4.49. The molecule has 0 radical (unpaired) electrons. The van der Waals surface area contributed by atoms with Crippen molar-refractivity contribution in [1.82, 2.24) is 4.90 Å². The van der Waals surface area contributed by atoms with Gasteiger partial charge in [0.2, 0.25) is 0 Å². The van der Waals surface area contributed by atoms with E-state index in [0.29, 0.717) is 5.56 Å². The number of aliphatic imine (C=N–C) groups is 1. The van der Waals surface area contributed by atoms with Gasteiger partial charge in [-0.05, 0) is 58.5 Å². The SMILES string of the molecule is O=C(Nc1ccc(I)c(C2CN3CCSC3=N2)c1)c1ccccc1. The van der Waals surface area contributed by atoms with E-state index in [1.807, 2.05) is 54.2 Å². The molecule has 24 heavy (non-hydrogen) atoms. The first kappa shape index (κ1) is 16.0. The second-order valence-corrected chi connectivity index (χ2v) is 8.00. The first-order valence-corrected chi connectivity index (χ1v) is 9.88. The largest absolute Gasteiger partial charge is 0.348 e. The van der Waals surface area contributed by atoms with E-state index in [4.69, 9.17) is 4.99 Å². The summed E-state index contributed by atoms with van der Waals surface area (Å²) in [5.74, 6) is 1.05. The Morgan fingerprint density at radius 1 is 1.25 bits per heavy atom. The van der Waals surface area contributed by atoms with Gasteiger partial charge in [0.05, 0.1) is 6.04 Å². The van der Waals surface area contributed by atoms with Gasteiger partial charge in [-0.2, -0.15) is 0 Å². The number of benzene rings is 2. The van der Waals surface area contributed by atoms with Gasteiger partial charge in [-0.1, -0.05) is 30.0 Å². The molecule has 4 rings (SSSR count). The van der Waals surface area contributed by atoms with Crippen molar-refractivity contribution in [3.63, 3.8) is 0 Å². The summed E-state index contributed by atoms with van der Waals surface area (Å²) < 4.78 is 1.19. The quantitative estimate of drug-likeness (QED) is 0.721. The second-order valence-electron chi connectivity index (χ2n) is 5.78. The maximum Gasteiger partial charge on any atom is 0.255 e. The fourth-order valence-corrected chi connectivity index (χ4v) is 4.68. The Hall–Kier alpha value is -1.54. The number of amides is 1. The summed E-state index contributed by atoms with van der Waals surface area (Å²) in [5.41, 5.74) is 2.67. The molecule has 1 atom stereocenters. The number of hydrogen-bond acceptors (Lipinski definition) is 4. The minimum Gasteiger partial charge on any atom is -0.348 e. The van der Waals surface area contributed by atoms with Crippen LogP contribution in [0, 0.1) is 3.57 Å². The molecule has 2 aromatic rings. The molecule has 0 saturated carbocycles. The molecule has 2 aromatic carbocycles. The van der Waals surface area contributed by atoms with E-state index in [1.165, 1.54) is 9.13 Å². The third-order valence-corrected chi connectivity index (χ3v) is 6.16.